The highest BCUT2D eigenvalue weighted by molar-refractivity contribution is 5.74. The second-order valence-electron chi connectivity index (χ2n) is 4.55. The third-order valence-electron chi connectivity index (χ3n) is 2.50. The molecule has 0 aliphatic rings. The van der Waals surface area contributed by atoms with E-state index in [-0.39, 0.29) is 18.5 Å². The van der Waals surface area contributed by atoms with Gasteiger partial charge in [-0.25, -0.2) is 4.79 Å². The molecule has 0 saturated carbocycles. The van der Waals surface area contributed by atoms with Crippen LogP contribution in [0.3, 0.4) is 0 Å². The van der Waals surface area contributed by atoms with Gasteiger partial charge in [0.15, 0.2) is 0 Å². The molecule has 0 rings (SSSR count). The fourth-order valence-electron chi connectivity index (χ4n) is 1.53. The Morgan fingerprint density at radius 3 is 2.63 bits per heavy atom. The van der Waals surface area contributed by atoms with E-state index in [0.29, 0.717) is 26.0 Å². The molecular weight excluding hydrogens is 248 g/mol. The van der Waals surface area contributed by atoms with E-state index in [1.165, 1.54) is 0 Å². The van der Waals surface area contributed by atoms with E-state index in [9.17, 15) is 9.59 Å². The van der Waals surface area contributed by atoms with Crippen molar-refractivity contribution < 1.29 is 19.4 Å². The molecule has 0 heterocycles. The van der Waals surface area contributed by atoms with Crippen molar-refractivity contribution in [2.24, 2.45) is 0 Å². The molecule has 3 N–H and O–H groups in total. The molecule has 1 unspecified atom stereocenters. The Hall–Kier alpha value is -1.30. The van der Waals surface area contributed by atoms with Gasteiger partial charge in [-0.05, 0) is 32.6 Å². The van der Waals surface area contributed by atoms with Gasteiger partial charge in [0.1, 0.15) is 0 Å². The van der Waals surface area contributed by atoms with Gasteiger partial charge >= 0.3 is 12.0 Å². The number of hydrogen-bond donors (Lipinski definition) is 3. The maximum absolute atomic E-state index is 11.5. The third kappa shape index (κ3) is 12.9. The minimum Gasteiger partial charge on any atom is -0.481 e. The quantitative estimate of drug-likeness (QED) is 0.501. The minimum atomic E-state index is -0.802. The molecule has 2 amide bonds. The monoisotopic (exact) mass is 274 g/mol. The first-order valence-electron chi connectivity index (χ1n) is 6.90. The number of hydrogen-bond acceptors (Lipinski definition) is 3. The number of amides is 2. The summed E-state index contributed by atoms with van der Waals surface area (Å²) >= 11 is 0. The molecule has 0 radical (unpaired) electrons. The van der Waals surface area contributed by atoms with E-state index < -0.39 is 5.97 Å². The molecule has 0 saturated heterocycles. The summed E-state index contributed by atoms with van der Waals surface area (Å²) < 4.78 is 5.29. The lowest BCUT2D eigenvalue weighted by molar-refractivity contribution is -0.137. The molecule has 6 nitrogen and oxygen atoms in total. The van der Waals surface area contributed by atoms with Gasteiger partial charge in [0.2, 0.25) is 0 Å². The molecule has 0 bridgehead atoms. The van der Waals surface area contributed by atoms with Crippen LogP contribution in [0.4, 0.5) is 4.79 Å². The molecule has 0 aromatic carbocycles. The number of nitrogens with one attached hydrogen (secondary N) is 2. The average Bonchev–Trinajstić information content (AvgIpc) is 2.33. The normalized spacial score (nSPS) is 11.9. The Morgan fingerprint density at radius 1 is 1.26 bits per heavy atom. The number of urea groups is 1. The lowest BCUT2D eigenvalue weighted by Gasteiger charge is -2.14. The minimum absolute atomic E-state index is 0.0179. The van der Waals surface area contributed by atoms with Crippen LogP contribution in [0, 0.1) is 0 Å². The summed E-state index contributed by atoms with van der Waals surface area (Å²) in [6, 6.07) is -0.228. The van der Waals surface area contributed by atoms with Crippen molar-refractivity contribution in [3.05, 3.63) is 0 Å². The highest BCUT2D eigenvalue weighted by Gasteiger charge is 2.07. The fraction of sp³-hybridized carbons (Fsp3) is 0.846. The summed E-state index contributed by atoms with van der Waals surface area (Å²) in [6.07, 6.45) is 3.17. The molecule has 0 fully saturated rings. The van der Waals surface area contributed by atoms with Crippen LogP contribution in [0.5, 0.6) is 0 Å². The van der Waals surface area contributed by atoms with Gasteiger partial charge in [-0.15, -0.1) is 0 Å². The molecule has 1 atom stereocenters. The van der Waals surface area contributed by atoms with Crippen molar-refractivity contribution in [1.82, 2.24) is 10.6 Å². The SMILES string of the molecule is CCCOCCCNC(=O)NC(C)CCCC(=O)O. The summed E-state index contributed by atoms with van der Waals surface area (Å²) in [5.74, 6) is -0.802. The molecule has 0 spiro atoms. The van der Waals surface area contributed by atoms with E-state index in [0.717, 1.165) is 19.4 Å². The molecule has 6 heteroatoms. The first kappa shape index (κ1) is 17.7. The van der Waals surface area contributed by atoms with Crippen LogP contribution in [0.1, 0.15) is 46.0 Å². The predicted octanol–water partition coefficient (Wildman–Crippen LogP) is 1.75. The van der Waals surface area contributed by atoms with E-state index in [1.807, 2.05) is 6.92 Å². The van der Waals surface area contributed by atoms with E-state index >= 15 is 0 Å². The predicted molar refractivity (Wildman–Crippen MR) is 73.2 cm³/mol. The summed E-state index contributed by atoms with van der Waals surface area (Å²) in [7, 11) is 0. The molecular formula is C13H26N2O4. The standard InChI is InChI=1S/C13H26N2O4/c1-3-9-19-10-5-8-14-13(18)15-11(2)6-4-7-12(16)17/h11H,3-10H2,1-2H3,(H,16,17)(H2,14,15,18). The number of ether oxygens (including phenoxy) is 1. The van der Waals surface area contributed by atoms with Gasteiger partial charge < -0.3 is 20.5 Å². The van der Waals surface area contributed by atoms with Crippen LogP contribution in [0.25, 0.3) is 0 Å². The Balaban J connectivity index is 3.43. The lowest BCUT2D eigenvalue weighted by atomic mass is 10.1. The first-order chi connectivity index (χ1) is 9.06. The first-order valence-corrected chi connectivity index (χ1v) is 6.90. The molecule has 0 aromatic heterocycles. The van der Waals surface area contributed by atoms with Crippen LogP contribution in [-0.4, -0.2) is 42.9 Å². The van der Waals surface area contributed by atoms with Crippen LogP contribution < -0.4 is 10.6 Å². The molecule has 0 aliphatic heterocycles. The smallest absolute Gasteiger partial charge is 0.314 e. The summed E-state index contributed by atoms with van der Waals surface area (Å²) in [4.78, 5) is 21.8. The lowest BCUT2D eigenvalue weighted by Crippen LogP contribution is -2.41. The third-order valence-corrected chi connectivity index (χ3v) is 2.50. The maximum atomic E-state index is 11.5. The number of rotatable bonds is 11. The van der Waals surface area contributed by atoms with Crippen molar-refractivity contribution in [3.63, 3.8) is 0 Å². The number of aliphatic carboxylic acids is 1. The maximum Gasteiger partial charge on any atom is 0.314 e. The van der Waals surface area contributed by atoms with Gasteiger partial charge in [-0.2, -0.15) is 0 Å². The van der Waals surface area contributed by atoms with Gasteiger partial charge in [0.05, 0.1) is 0 Å². The topological polar surface area (TPSA) is 87.7 Å². The van der Waals surface area contributed by atoms with Gasteiger partial charge in [0.25, 0.3) is 0 Å². The van der Waals surface area contributed by atoms with Crippen LogP contribution in [-0.2, 0) is 9.53 Å². The number of carboxylic acids is 1. The largest absolute Gasteiger partial charge is 0.481 e. The summed E-state index contributed by atoms with van der Waals surface area (Å²) in [6.45, 7) is 5.91. The van der Waals surface area contributed by atoms with Crippen molar-refractivity contribution in [3.8, 4) is 0 Å². The Labute approximate surface area is 114 Å². The number of carbonyl (C=O) groups excluding carboxylic acids is 1. The second-order valence-corrected chi connectivity index (χ2v) is 4.55. The van der Waals surface area contributed by atoms with Crippen molar-refractivity contribution in [1.29, 1.82) is 0 Å². The number of carbonyl (C=O) groups is 2. The van der Waals surface area contributed by atoms with Crippen LogP contribution in [0.2, 0.25) is 0 Å². The highest BCUT2D eigenvalue weighted by Crippen LogP contribution is 2.00. The van der Waals surface area contributed by atoms with E-state index in [4.69, 9.17) is 9.84 Å². The summed E-state index contributed by atoms with van der Waals surface area (Å²) in [5, 5.41) is 14.0. The highest BCUT2D eigenvalue weighted by atomic mass is 16.5. The van der Waals surface area contributed by atoms with Crippen molar-refractivity contribution >= 4 is 12.0 Å². The van der Waals surface area contributed by atoms with Crippen LogP contribution in [0.15, 0.2) is 0 Å². The van der Waals surface area contributed by atoms with Crippen molar-refractivity contribution in [2.45, 2.75) is 52.0 Å². The van der Waals surface area contributed by atoms with Gasteiger partial charge in [-0.3, -0.25) is 4.79 Å². The zero-order valence-electron chi connectivity index (χ0n) is 11.9. The molecule has 0 aliphatic carbocycles. The zero-order valence-corrected chi connectivity index (χ0v) is 11.9. The molecule has 0 aromatic rings. The zero-order chi connectivity index (χ0) is 14.5. The molecule has 112 valence electrons. The molecule has 19 heavy (non-hydrogen) atoms. The van der Waals surface area contributed by atoms with Gasteiger partial charge in [-0.1, -0.05) is 6.92 Å². The van der Waals surface area contributed by atoms with E-state index in [1.54, 1.807) is 0 Å². The number of carboxylic acid groups (broad SMARTS) is 1. The fourth-order valence-corrected chi connectivity index (χ4v) is 1.53. The van der Waals surface area contributed by atoms with E-state index in [2.05, 4.69) is 17.6 Å². The Bertz CT molecular complexity index is 259. The van der Waals surface area contributed by atoms with Crippen LogP contribution >= 0.6 is 0 Å². The van der Waals surface area contributed by atoms with Gasteiger partial charge in [0, 0.05) is 32.2 Å². The van der Waals surface area contributed by atoms with Crippen molar-refractivity contribution in [2.75, 3.05) is 19.8 Å². The Morgan fingerprint density at radius 2 is 2.00 bits per heavy atom. The summed E-state index contributed by atoms with van der Waals surface area (Å²) in [5.41, 5.74) is 0. The average molecular weight is 274 g/mol. The Kier molecular flexibility index (Phi) is 11.0. The second kappa shape index (κ2) is 11.8.